The molecule has 4 nitrogen and oxygen atoms in total. The maximum atomic E-state index is 13.2. The van der Waals surface area contributed by atoms with Gasteiger partial charge in [-0.05, 0) is 24.3 Å². The number of halogens is 2. The Kier molecular flexibility index (Phi) is 4.87. The number of benzene rings is 3. The molecule has 3 aromatic carbocycles. The lowest BCUT2D eigenvalue weighted by Gasteiger charge is -2.09. The molecule has 1 N–H and O–H groups in total. The first-order chi connectivity index (χ1) is 14.6. The van der Waals surface area contributed by atoms with Gasteiger partial charge >= 0.3 is 0 Å². The van der Waals surface area contributed by atoms with Crippen molar-refractivity contribution in [2.45, 2.75) is 0 Å². The number of para-hydroxylation sites is 1. The third-order valence-corrected chi connectivity index (χ3v) is 6.43. The maximum Gasteiger partial charge on any atom is 0.258 e. The largest absolute Gasteiger partial charge is 0.298 e. The van der Waals surface area contributed by atoms with Crippen molar-refractivity contribution in [1.29, 1.82) is 0 Å². The van der Waals surface area contributed by atoms with Gasteiger partial charge in [-0.25, -0.2) is 9.97 Å². The summed E-state index contributed by atoms with van der Waals surface area (Å²) < 4.78 is 0.740. The van der Waals surface area contributed by atoms with Crippen LogP contribution in [0.2, 0.25) is 10.0 Å². The molecule has 5 rings (SSSR count). The van der Waals surface area contributed by atoms with E-state index in [4.69, 9.17) is 28.2 Å². The molecule has 0 saturated heterocycles. The number of fused-ring (bicyclic) bond motifs is 2. The van der Waals surface area contributed by atoms with E-state index in [1.54, 1.807) is 18.2 Å². The molecule has 0 unspecified atom stereocenters. The van der Waals surface area contributed by atoms with Crippen molar-refractivity contribution in [2.24, 2.45) is 0 Å². The standard InChI is InChI=1S/C23H13Cl2N3OS/c24-16-10-11-17(25)21-20(16)27-23(30-21)28-22(29)15-12-19(13-6-2-1-3-7-13)26-18-9-5-4-8-14(15)18/h1-12H,(H,27,28,29). The van der Waals surface area contributed by atoms with E-state index in [1.807, 2.05) is 54.6 Å². The Morgan fingerprint density at radius 3 is 2.40 bits per heavy atom. The second-order valence-electron chi connectivity index (χ2n) is 6.62. The van der Waals surface area contributed by atoms with Crippen molar-refractivity contribution < 1.29 is 4.79 Å². The highest BCUT2D eigenvalue weighted by molar-refractivity contribution is 7.23. The van der Waals surface area contributed by atoms with E-state index < -0.39 is 0 Å². The van der Waals surface area contributed by atoms with Gasteiger partial charge in [-0.15, -0.1) is 0 Å². The normalized spacial score (nSPS) is 11.1. The summed E-state index contributed by atoms with van der Waals surface area (Å²) >= 11 is 13.8. The van der Waals surface area contributed by atoms with Crippen LogP contribution < -0.4 is 5.32 Å². The summed E-state index contributed by atoms with van der Waals surface area (Å²) in [6.07, 6.45) is 0. The molecular weight excluding hydrogens is 437 g/mol. The molecule has 0 spiro atoms. The highest BCUT2D eigenvalue weighted by Crippen LogP contribution is 2.36. The summed E-state index contributed by atoms with van der Waals surface area (Å²) in [5.74, 6) is -0.267. The smallest absolute Gasteiger partial charge is 0.258 e. The molecule has 5 aromatic rings. The van der Waals surface area contributed by atoms with Gasteiger partial charge in [0.25, 0.3) is 5.91 Å². The molecule has 0 aliphatic rings. The summed E-state index contributed by atoms with van der Waals surface area (Å²) in [7, 11) is 0. The van der Waals surface area contributed by atoms with E-state index in [-0.39, 0.29) is 5.91 Å². The Bertz CT molecular complexity index is 1380. The number of thiazole rings is 1. The van der Waals surface area contributed by atoms with Crippen LogP contribution in [0.3, 0.4) is 0 Å². The first-order valence-electron chi connectivity index (χ1n) is 9.11. The Morgan fingerprint density at radius 1 is 0.867 bits per heavy atom. The van der Waals surface area contributed by atoms with Crippen LogP contribution in [0.1, 0.15) is 10.4 Å². The Hall–Kier alpha value is -2.99. The van der Waals surface area contributed by atoms with E-state index in [0.717, 1.165) is 26.9 Å². The van der Waals surface area contributed by atoms with Gasteiger partial charge in [0.2, 0.25) is 0 Å². The van der Waals surface area contributed by atoms with E-state index >= 15 is 0 Å². The van der Waals surface area contributed by atoms with E-state index in [1.165, 1.54) is 11.3 Å². The average molecular weight is 450 g/mol. The third-order valence-electron chi connectivity index (χ3n) is 4.70. The third kappa shape index (κ3) is 3.41. The molecule has 0 radical (unpaired) electrons. The van der Waals surface area contributed by atoms with Crippen LogP contribution in [0.15, 0.2) is 72.8 Å². The van der Waals surface area contributed by atoms with Gasteiger partial charge in [0.05, 0.1) is 31.5 Å². The van der Waals surface area contributed by atoms with Crippen molar-refractivity contribution in [1.82, 2.24) is 9.97 Å². The Labute approximate surface area is 186 Å². The number of nitrogens with one attached hydrogen (secondary N) is 1. The summed E-state index contributed by atoms with van der Waals surface area (Å²) in [4.78, 5) is 22.4. The van der Waals surface area contributed by atoms with Crippen LogP contribution in [0.4, 0.5) is 5.13 Å². The lowest BCUT2D eigenvalue weighted by atomic mass is 10.0. The quantitative estimate of drug-likeness (QED) is 0.320. The van der Waals surface area contributed by atoms with Crippen LogP contribution in [0, 0.1) is 0 Å². The van der Waals surface area contributed by atoms with Gasteiger partial charge in [-0.1, -0.05) is 83.1 Å². The number of aromatic nitrogens is 2. The molecule has 0 fully saturated rings. The molecule has 0 saturated carbocycles. The SMILES string of the molecule is O=C(Nc1nc2c(Cl)ccc(Cl)c2s1)c1cc(-c2ccccc2)nc2ccccc12. The zero-order valence-corrected chi connectivity index (χ0v) is 17.7. The van der Waals surface area contributed by atoms with Gasteiger partial charge in [0, 0.05) is 10.9 Å². The summed E-state index contributed by atoms with van der Waals surface area (Å²) in [5, 5.41) is 5.15. The number of carbonyl (C=O) groups is 1. The van der Waals surface area contributed by atoms with Crippen molar-refractivity contribution in [3.05, 3.63) is 88.4 Å². The summed E-state index contributed by atoms with van der Waals surface area (Å²) in [5.41, 5.74) is 3.52. The molecule has 30 heavy (non-hydrogen) atoms. The summed E-state index contributed by atoms with van der Waals surface area (Å²) in [6.45, 7) is 0. The monoisotopic (exact) mass is 449 g/mol. The van der Waals surface area contributed by atoms with Gasteiger partial charge in [0.15, 0.2) is 5.13 Å². The molecule has 0 aliphatic carbocycles. The first kappa shape index (κ1) is 19.0. The van der Waals surface area contributed by atoms with Gasteiger partial charge in [-0.2, -0.15) is 0 Å². The zero-order valence-electron chi connectivity index (χ0n) is 15.4. The lowest BCUT2D eigenvalue weighted by molar-refractivity contribution is 0.102. The fourth-order valence-electron chi connectivity index (χ4n) is 3.28. The number of hydrogen-bond acceptors (Lipinski definition) is 4. The molecule has 1 amide bonds. The molecule has 2 heterocycles. The van der Waals surface area contributed by atoms with Gasteiger partial charge in [0.1, 0.15) is 5.52 Å². The van der Waals surface area contributed by atoms with Gasteiger partial charge in [-0.3, -0.25) is 10.1 Å². The van der Waals surface area contributed by atoms with Crippen LogP contribution >= 0.6 is 34.5 Å². The number of rotatable bonds is 3. The number of carbonyl (C=O) groups excluding carboxylic acids is 1. The van der Waals surface area contributed by atoms with Crippen molar-refractivity contribution in [3.8, 4) is 11.3 Å². The van der Waals surface area contributed by atoms with E-state index in [2.05, 4.69) is 10.3 Å². The minimum absolute atomic E-state index is 0.267. The van der Waals surface area contributed by atoms with Crippen molar-refractivity contribution >= 4 is 66.7 Å². The average Bonchev–Trinajstić information content (AvgIpc) is 3.21. The van der Waals surface area contributed by atoms with Crippen LogP contribution in [-0.2, 0) is 0 Å². The van der Waals surface area contributed by atoms with Crippen LogP contribution in [0.5, 0.6) is 0 Å². The zero-order chi connectivity index (χ0) is 20.7. The molecule has 7 heteroatoms. The first-order valence-corrected chi connectivity index (χ1v) is 10.7. The predicted molar refractivity (Wildman–Crippen MR) is 125 cm³/mol. The van der Waals surface area contributed by atoms with Crippen molar-refractivity contribution in [3.63, 3.8) is 0 Å². The van der Waals surface area contributed by atoms with Crippen molar-refractivity contribution in [2.75, 3.05) is 5.32 Å². The fourth-order valence-corrected chi connectivity index (χ4v) is 4.70. The molecule has 146 valence electrons. The maximum absolute atomic E-state index is 13.2. The van der Waals surface area contributed by atoms with Crippen LogP contribution in [-0.4, -0.2) is 15.9 Å². The lowest BCUT2D eigenvalue weighted by Crippen LogP contribution is -2.13. The number of nitrogens with zero attached hydrogens (tertiary/aromatic N) is 2. The number of pyridine rings is 1. The number of amides is 1. The Balaban J connectivity index is 1.59. The van der Waals surface area contributed by atoms with E-state index in [0.29, 0.717) is 26.3 Å². The second kappa shape index (κ2) is 7.69. The fraction of sp³-hybridized carbons (Fsp3) is 0. The van der Waals surface area contributed by atoms with Gasteiger partial charge < -0.3 is 0 Å². The predicted octanol–water partition coefficient (Wildman–Crippen LogP) is 7.07. The highest BCUT2D eigenvalue weighted by atomic mass is 35.5. The Morgan fingerprint density at radius 2 is 1.60 bits per heavy atom. The molecule has 2 aromatic heterocycles. The summed E-state index contributed by atoms with van der Waals surface area (Å²) in [6, 6.07) is 22.6. The molecule has 0 atom stereocenters. The topological polar surface area (TPSA) is 54.9 Å². The number of hydrogen-bond donors (Lipinski definition) is 1. The number of anilines is 1. The van der Waals surface area contributed by atoms with E-state index in [9.17, 15) is 4.79 Å². The molecule has 0 bridgehead atoms. The minimum Gasteiger partial charge on any atom is -0.298 e. The van der Waals surface area contributed by atoms with Crippen LogP contribution in [0.25, 0.3) is 32.4 Å². The molecular formula is C23H13Cl2N3OS. The minimum atomic E-state index is -0.267. The molecule has 0 aliphatic heterocycles. The highest BCUT2D eigenvalue weighted by Gasteiger charge is 2.17. The second-order valence-corrected chi connectivity index (χ2v) is 8.43.